The second kappa shape index (κ2) is 11.1. The number of amides is 2. The lowest BCUT2D eigenvalue weighted by atomic mass is 10.2. The lowest BCUT2D eigenvalue weighted by Gasteiger charge is -2.08. The zero-order chi connectivity index (χ0) is 20.4. The van der Waals surface area contributed by atoms with Gasteiger partial charge >= 0.3 is 0 Å². The molecule has 2 aromatic carbocycles. The predicted octanol–water partition coefficient (Wildman–Crippen LogP) is 4.31. The third kappa shape index (κ3) is 7.04. The Labute approximate surface area is 169 Å². The summed E-state index contributed by atoms with van der Waals surface area (Å²) in [5.41, 5.74) is 4.54. The molecule has 0 aliphatic heterocycles. The van der Waals surface area contributed by atoms with Gasteiger partial charge in [0.15, 0.2) is 0 Å². The van der Waals surface area contributed by atoms with Crippen LogP contribution in [0.1, 0.15) is 37.3 Å². The smallest absolute Gasteiger partial charge is 0.249 e. The largest absolute Gasteiger partial charge is 0.493 e. The minimum absolute atomic E-state index is 0.350. The number of nitrogens with zero attached hydrogens (tertiary/aromatic N) is 1. The molecule has 6 nitrogen and oxygen atoms in total. The molecule has 2 aromatic rings. The fourth-order valence-electron chi connectivity index (χ4n) is 2.28. The maximum atomic E-state index is 12.0. The standard InChI is InChI=1S/C21H24ClN3O3/c1-3-4-11-28-19-8-6-5-7-16(19)14-23-25-21(27)13-20(26)24-17-10-9-15(2)18(22)12-17/h5-10,12,14H,3-4,11,13H2,1-2H3,(H,24,26)(H,25,27). The van der Waals surface area contributed by atoms with E-state index in [0.29, 0.717) is 23.1 Å². The van der Waals surface area contributed by atoms with Gasteiger partial charge in [0.2, 0.25) is 11.8 Å². The van der Waals surface area contributed by atoms with Crippen LogP contribution in [0, 0.1) is 6.92 Å². The van der Waals surface area contributed by atoms with Crippen molar-refractivity contribution in [2.75, 3.05) is 11.9 Å². The molecule has 0 fully saturated rings. The van der Waals surface area contributed by atoms with Crippen molar-refractivity contribution in [3.63, 3.8) is 0 Å². The van der Waals surface area contributed by atoms with E-state index in [0.717, 1.165) is 24.0 Å². The van der Waals surface area contributed by atoms with Crippen LogP contribution in [-0.4, -0.2) is 24.6 Å². The van der Waals surface area contributed by atoms with Crippen molar-refractivity contribution in [1.82, 2.24) is 5.43 Å². The van der Waals surface area contributed by atoms with Crippen LogP contribution in [-0.2, 0) is 9.59 Å². The van der Waals surface area contributed by atoms with Crippen molar-refractivity contribution in [2.45, 2.75) is 33.1 Å². The molecule has 0 saturated heterocycles. The number of halogens is 1. The number of rotatable bonds is 9. The average Bonchev–Trinajstić information content (AvgIpc) is 2.66. The van der Waals surface area contributed by atoms with Gasteiger partial charge in [0.1, 0.15) is 12.2 Å². The maximum absolute atomic E-state index is 12.0. The van der Waals surface area contributed by atoms with E-state index in [-0.39, 0.29) is 6.42 Å². The van der Waals surface area contributed by atoms with Gasteiger partial charge in [-0.3, -0.25) is 9.59 Å². The normalized spacial score (nSPS) is 10.7. The Morgan fingerprint density at radius 1 is 1.18 bits per heavy atom. The van der Waals surface area contributed by atoms with Crippen LogP contribution in [0.25, 0.3) is 0 Å². The Kier molecular flexibility index (Phi) is 8.49. The molecule has 0 unspecified atom stereocenters. The average molecular weight is 402 g/mol. The number of para-hydroxylation sites is 1. The summed E-state index contributed by atoms with van der Waals surface area (Å²) in [6, 6.07) is 12.6. The molecule has 0 saturated carbocycles. The lowest BCUT2D eigenvalue weighted by molar-refractivity contribution is -0.126. The Morgan fingerprint density at radius 3 is 2.71 bits per heavy atom. The first-order valence-electron chi connectivity index (χ1n) is 9.09. The molecule has 0 heterocycles. The van der Waals surface area contributed by atoms with Crippen molar-refractivity contribution in [3.05, 3.63) is 58.6 Å². The van der Waals surface area contributed by atoms with E-state index in [2.05, 4.69) is 22.8 Å². The molecule has 0 radical (unpaired) electrons. The van der Waals surface area contributed by atoms with Crippen LogP contribution in [0.5, 0.6) is 5.75 Å². The number of unbranched alkanes of at least 4 members (excludes halogenated alkanes) is 1. The Bertz CT molecular complexity index is 853. The van der Waals surface area contributed by atoms with Gasteiger partial charge in [-0.15, -0.1) is 0 Å². The highest BCUT2D eigenvalue weighted by Crippen LogP contribution is 2.20. The lowest BCUT2D eigenvalue weighted by Crippen LogP contribution is -2.24. The number of carbonyl (C=O) groups is 2. The highest BCUT2D eigenvalue weighted by Gasteiger charge is 2.10. The molecule has 148 valence electrons. The molecule has 0 aromatic heterocycles. The molecule has 28 heavy (non-hydrogen) atoms. The topological polar surface area (TPSA) is 79.8 Å². The Morgan fingerprint density at radius 2 is 1.96 bits per heavy atom. The van der Waals surface area contributed by atoms with E-state index >= 15 is 0 Å². The highest BCUT2D eigenvalue weighted by molar-refractivity contribution is 6.31. The molecule has 0 aliphatic rings. The minimum atomic E-state index is -0.517. The summed E-state index contributed by atoms with van der Waals surface area (Å²) in [5.74, 6) is -0.268. The van der Waals surface area contributed by atoms with Gasteiger partial charge in [-0.2, -0.15) is 5.10 Å². The number of carbonyl (C=O) groups excluding carboxylic acids is 2. The number of hydrogen-bond acceptors (Lipinski definition) is 4. The molecule has 2 rings (SSSR count). The molecule has 0 spiro atoms. The summed E-state index contributed by atoms with van der Waals surface area (Å²) in [6.07, 6.45) is 3.15. The molecule has 7 heteroatoms. The van der Waals surface area contributed by atoms with E-state index in [4.69, 9.17) is 16.3 Å². The van der Waals surface area contributed by atoms with Gasteiger partial charge in [-0.25, -0.2) is 5.43 Å². The molecule has 0 bridgehead atoms. The van der Waals surface area contributed by atoms with Crippen LogP contribution in [0.3, 0.4) is 0 Å². The second-order valence-electron chi connectivity index (χ2n) is 6.22. The molecule has 2 N–H and O–H groups in total. The van der Waals surface area contributed by atoms with Gasteiger partial charge < -0.3 is 10.1 Å². The number of benzene rings is 2. The first-order valence-corrected chi connectivity index (χ1v) is 9.47. The van der Waals surface area contributed by atoms with E-state index in [1.165, 1.54) is 6.21 Å². The summed E-state index contributed by atoms with van der Waals surface area (Å²) in [5, 5.41) is 7.09. The summed E-state index contributed by atoms with van der Waals surface area (Å²) >= 11 is 6.02. The predicted molar refractivity (Wildman–Crippen MR) is 112 cm³/mol. The fraction of sp³-hybridized carbons (Fsp3) is 0.286. The van der Waals surface area contributed by atoms with E-state index in [9.17, 15) is 9.59 Å². The van der Waals surface area contributed by atoms with Crippen molar-refractivity contribution < 1.29 is 14.3 Å². The van der Waals surface area contributed by atoms with Gasteiger partial charge in [0.25, 0.3) is 0 Å². The number of anilines is 1. The zero-order valence-corrected chi connectivity index (χ0v) is 16.8. The molecule has 0 aliphatic carbocycles. The number of hydrogen-bond donors (Lipinski definition) is 2. The first kappa shape index (κ1) is 21.4. The number of nitrogens with one attached hydrogen (secondary N) is 2. The van der Waals surface area contributed by atoms with Crippen LogP contribution in [0.4, 0.5) is 5.69 Å². The van der Waals surface area contributed by atoms with Crippen molar-refractivity contribution >= 4 is 35.3 Å². The third-order valence-electron chi connectivity index (χ3n) is 3.84. The van der Waals surface area contributed by atoms with Gasteiger partial charge in [0, 0.05) is 16.3 Å². The van der Waals surface area contributed by atoms with Crippen LogP contribution in [0.2, 0.25) is 5.02 Å². The van der Waals surface area contributed by atoms with Crippen molar-refractivity contribution in [1.29, 1.82) is 0 Å². The molecule has 2 amide bonds. The zero-order valence-electron chi connectivity index (χ0n) is 16.0. The first-order chi connectivity index (χ1) is 13.5. The highest BCUT2D eigenvalue weighted by atomic mass is 35.5. The summed E-state index contributed by atoms with van der Waals surface area (Å²) < 4.78 is 5.71. The van der Waals surface area contributed by atoms with E-state index in [1.807, 2.05) is 31.2 Å². The number of ether oxygens (including phenoxy) is 1. The molecule has 0 atom stereocenters. The summed E-state index contributed by atoms with van der Waals surface area (Å²) in [4.78, 5) is 23.9. The third-order valence-corrected chi connectivity index (χ3v) is 4.25. The van der Waals surface area contributed by atoms with Crippen LogP contribution < -0.4 is 15.5 Å². The fourth-order valence-corrected chi connectivity index (χ4v) is 2.46. The van der Waals surface area contributed by atoms with Gasteiger partial charge in [0.05, 0.1) is 12.8 Å². The Balaban J connectivity index is 1.84. The quantitative estimate of drug-likeness (QED) is 0.284. The Hall–Kier alpha value is -2.86. The van der Waals surface area contributed by atoms with E-state index in [1.54, 1.807) is 18.2 Å². The van der Waals surface area contributed by atoms with Crippen LogP contribution >= 0.6 is 11.6 Å². The van der Waals surface area contributed by atoms with Crippen LogP contribution in [0.15, 0.2) is 47.6 Å². The monoisotopic (exact) mass is 401 g/mol. The maximum Gasteiger partial charge on any atom is 0.249 e. The summed E-state index contributed by atoms with van der Waals surface area (Å²) in [7, 11) is 0. The number of hydrazone groups is 1. The SMILES string of the molecule is CCCCOc1ccccc1C=NNC(=O)CC(=O)Nc1ccc(C)c(Cl)c1. The minimum Gasteiger partial charge on any atom is -0.493 e. The molecular formula is C21H24ClN3O3. The van der Waals surface area contributed by atoms with Crippen molar-refractivity contribution in [3.8, 4) is 5.75 Å². The number of aryl methyl sites for hydroxylation is 1. The van der Waals surface area contributed by atoms with Crippen molar-refractivity contribution in [2.24, 2.45) is 5.10 Å². The summed E-state index contributed by atoms with van der Waals surface area (Å²) in [6.45, 7) is 4.58. The van der Waals surface area contributed by atoms with Gasteiger partial charge in [-0.1, -0.05) is 43.1 Å². The second-order valence-corrected chi connectivity index (χ2v) is 6.63. The molecular weight excluding hydrogens is 378 g/mol. The van der Waals surface area contributed by atoms with E-state index < -0.39 is 11.8 Å². The van der Waals surface area contributed by atoms with Gasteiger partial charge in [-0.05, 0) is 43.2 Å².